The predicted octanol–water partition coefficient (Wildman–Crippen LogP) is 2.85. The van der Waals surface area contributed by atoms with Crippen molar-refractivity contribution in [1.82, 2.24) is 10.2 Å². The maximum Gasteiger partial charge on any atom is 0.254 e. The van der Waals surface area contributed by atoms with Gasteiger partial charge in [0.15, 0.2) is 0 Å². The van der Waals surface area contributed by atoms with Gasteiger partial charge < -0.3 is 10.2 Å². The second kappa shape index (κ2) is 7.88. The molecule has 0 radical (unpaired) electrons. The first-order valence-electron chi connectivity index (χ1n) is 8.57. The van der Waals surface area contributed by atoms with Crippen LogP contribution in [0.1, 0.15) is 35.2 Å². The molecule has 2 aliphatic rings. The van der Waals surface area contributed by atoms with Crippen LogP contribution in [0.15, 0.2) is 36.9 Å². The maximum atomic E-state index is 12.9. The van der Waals surface area contributed by atoms with Crippen LogP contribution >= 0.6 is 11.8 Å². The van der Waals surface area contributed by atoms with E-state index in [1.165, 1.54) is 25.3 Å². The monoisotopic (exact) mass is 344 g/mol. The lowest BCUT2D eigenvalue weighted by Gasteiger charge is -2.43. The lowest BCUT2D eigenvalue weighted by molar-refractivity contribution is -0.116. The summed E-state index contributed by atoms with van der Waals surface area (Å²) in [5, 5.41) is 2.74. The van der Waals surface area contributed by atoms with E-state index in [1.807, 2.05) is 36.0 Å². The Balaban J connectivity index is 1.65. The average Bonchev–Trinajstić information content (AvgIpc) is 2.58. The minimum atomic E-state index is -0.190. The maximum absolute atomic E-state index is 12.9. The fraction of sp³-hybridized carbons (Fsp3) is 0.474. The summed E-state index contributed by atoms with van der Waals surface area (Å²) in [6, 6.07) is 7.96. The van der Waals surface area contributed by atoms with Gasteiger partial charge in [-0.2, -0.15) is 11.8 Å². The molecule has 0 bridgehead atoms. The van der Waals surface area contributed by atoms with Crippen molar-refractivity contribution in [2.75, 3.05) is 18.1 Å². The Labute approximate surface area is 147 Å². The molecule has 5 heteroatoms. The first-order valence-corrected chi connectivity index (χ1v) is 9.72. The van der Waals surface area contributed by atoms with E-state index in [1.54, 1.807) is 0 Å². The van der Waals surface area contributed by atoms with Gasteiger partial charge in [0, 0.05) is 36.2 Å². The highest BCUT2D eigenvalue weighted by molar-refractivity contribution is 7.99. The summed E-state index contributed by atoms with van der Waals surface area (Å²) in [6.07, 6.45) is 5.08. The molecule has 1 atom stereocenters. The average molecular weight is 344 g/mol. The standard InChI is InChI=1S/C19H24N2O2S/c1-2-18(22)20-12-14-6-8-16(9-7-14)19(23)21-10-11-24-13-17(21)15-4-3-5-15/h2,6-9,15,17H,1,3-5,10-13H2,(H,20,22). The number of hydrogen-bond donors (Lipinski definition) is 1. The molecule has 1 N–H and O–H groups in total. The number of benzene rings is 1. The number of hydrogen-bond acceptors (Lipinski definition) is 3. The van der Waals surface area contributed by atoms with Crippen molar-refractivity contribution in [3.05, 3.63) is 48.0 Å². The molecule has 0 aromatic heterocycles. The molecule has 128 valence electrons. The fourth-order valence-corrected chi connectivity index (χ4v) is 4.47. The number of carbonyl (C=O) groups is 2. The van der Waals surface area contributed by atoms with Gasteiger partial charge in [0.2, 0.25) is 5.91 Å². The highest BCUT2D eigenvalue weighted by Crippen LogP contribution is 2.36. The number of rotatable bonds is 5. The Bertz CT molecular complexity index is 610. The molecular weight excluding hydrogens is 320 g/mol. The largest absolute Gasteiger partial charge is 0.348 e. The van der Waals surface area contributed by atoms with E-state index in [-0.39, 0.29) is 11.8 Å². The van der Waals surface area contributed by atoms with E-state index in [4.69, 9.17) is 0 Å². The van der Waals surface area contributed by atoms with E-state index in [2.05, 4.69) is 16.8 Å². The van der Waals surface area contributed by atoms with Gasteiger partial charge in [0.1, 0.15) is 0 Å². The number of carbonyl (C=O) groups excluding carboxylic acids is 2. The van der Waals surface area contributed by atoms with Crippen LogP contribution in [0, 0.1) is 5.92 Å². The van der Waals surface area contributed by atoms with Crippen molar-refractivity contribution in [2.24, 2.45) is 5.92 Å². The molecular formula is C19H24N2O2S. The Morgan fingerprint density at radius 2 is 2.04 bits per heavy atom. The summed E-state index contributed by atoms with van der Waals surface area (Å²) in [7, 11) is 0. The van der Waals surface area contributed by atoms with Crippen molar-refractivity contribution < 1.29 is 9.59 Å². The van der Waals surface area contributed by atoms with Crippen molar-refractivity contribution >= 4 is 23.6 Å². The summed E-state index contributed by atoms with van der Waals surface area (Å²) in [5.74, 6) is 2.75. The Kier molecular flexibility index (Phi) is 5.61. The predicted molar refractivity (Wildman–Crippen MR) is 98.0 cm³/mol. The summed E-state index contributed by atoms with van der Waals surface area (Å²) < 4.78 is 0. The highest BCUT2D eigenvalue weighted by Gasteiger charge is 2.36. The molecule has 1 aromatic rings. The Hall–Kier alpha value is -1.75. The number of nitrogens with one attached hydrogen (secondary N) is 1. The summed E-state index contributed by atoms with van der Waals surface area (Å²) in [4.78, 5) is 26.2. The smallest absolute Gasteiger partial charge is 0.254 e. The molecule has 2 fully saturated rings. The lowest BCUT2D eigenvalue weighted by Crippen LogP contribution is -2.51. The minimum Gasteiger partial charge on any atom is -0.348 e. The lowest BCUT2D eigenvalue weighted by atomic mass is 9.79. The zero-order chi connectivity index (χ0) is 16.9. The van der Waals surface area contributed by atoms with Crippen molar-refractivity contribution in [3.63, 3.8) is 0 Å². The van der Waals surface area contributed by atoms with Crippen LogP contribution < -0.4 is 5.32 Å². The summed E-state index contributed by atoms with van der Waals surface area (Å²) in [5.41, 5.74) is 1.72. The third-order valence-corrected chi connectivity index (χ3v) is 6.02. The van der Waals surface area contributed by atoms with Gasteiger partial charge in [-0.05, 0) is 42.5 Å². The van der Waals surface area contributed by atoms with Gasteiger partial charge in [-0.3, -0.25) is 9.59 Å². The summed E-state index contributed by atoms with van der Waals surface area (Å²) in [6.45, 7) is 4.73. The fourth-order valence-electron chi connectivity index (χ4n) is 3.28. The number of amides is 2. The third-order valence-electron chi connectivity index (χ3n) is 4.97. The van der Waals surface area contributed by atoms with Crippen molar-refractivity contribution in [3.8, 4) is 0 Å². The molecule has 0 spiro atoms. The molecule has 1 aliphatic carbocycles. The quantitative estimate of drug-likeness (QED) is 0.836. The number of nitrogens with zero attached hydrogens (tertiary/aromatic N) is 1. The molecule has 1 saturated heterocycles. The SMILES string of the molecule is C=CC(=O)NCc1ccc(C(=O)N2CCSCC2C2CCC2)cc1. The minimum absolute atomic E-state index is 0.147. The van der Waals surface area contributed by atoms with E-state index < -0.39 is 0 Å². The van der Waals surface area contributed by atoms with Gasteiger partial charge in [0.25, 0.3) is 5.91 Å². The topological polar surface area (TPSA) is 49.4 Å². The second-order valence-electron chi connectivity index (χ2n) is 6.45. The molecule has 4 nitrogen and oxygen atoms in total. The third kappa shape index (κ3) is 3.83. The molecule has 1 heterocycles. The van der Waals surface area contributed by atoms with Crippen molar-refractivity contribution in [2.45, 2.75) is 31.8 Å². The molecule has 1 unspecified atom stereocenters. The molecule has 3 rings (SSSR count). The van der Waals surface area contributed by atoms with Gasteiger partial charge in [0.05, 0.1) is 0 Å². The van der Waals surface area contributed by atoms with Crippen LogP contribution in [0.2, 0.25) is 0 Å². The highest BCUT2D eigenvalue weighted by atomic mass is 32.2. The van der Waals surface area contributed by atoms with Crippen LogP contribution in [-0.2, 0) is 11.3 Å². The normalized spacial score (nSPS) is 21.0. The van der Waals surface area contributed by atoms with E-state index in [0.717, 1.165) is 29.2 Å². The summed E-state index contributed by atoms with van der Waals surface area (Å²) >= 11 is 1.97. The molecule has 1 saturated carbocycles. The van der Waals surface area contributed by atoms with Crippen LogP contribution in [0.5, 0.6) is 0 Å². The van der Waals surface area contributed by atoms with Gasteiger partial charge in [-0.25, -0.2) is 0 Å². The van der Waals surface area contributed by atoms with Crippen LogP contribution in [-0.4, -0.2) is 40.8 Å². The molecule has 2 amide bonds. The molecule has 1 aliphatic heterocycles. The molecule has 1 aromatic carbocycles. The number of thioether (sulfide) groups is 1. The van der Waals surface area contributed by atoms with Crippen molar-refractivity contribution in [1.29, 1.82) is 0 Å². The second-order valence-corrected chi connectivity index (χ2v) is 7.60. The van der Waals surface area contributed by atoms with E-state index in [0.29, 0.717) is 18.5 Å². The van der Waals surface area contributed by atoms with Crippen LogP contribution in [0.4, 0.5) is 0 Å². The Morgan fingerprint density at radius 1 is 1.29 bits per heavy atom. The van der Waals surface area contributed by atoms with Gasteiger partial charge >= 0.3 is 0 Å². The molecule has 24 heavy (non-hydrogen) atoms. The first-order chi connectivity index (χ1) is 11.7. The van der Waals surface area contributed by atoms with E-state index in [9.17, 15) is 9.59 Å². The van der Waals surface area contributed by atoms with Gasteiger partial charge in [-0.15, -0.1) is 0 Å². The zero-order valence-corrected chi connectivity index (χ0v) is 14.7. The van der Waals surface area contributed by atoms with Gasteiger partial charge in [-0.1, -0.05) is 25.1 Å². The first kappa shape index (κ1) is 17.1. The Morgan fingerprint density at radius 3 is 2.67 bits per heavy atom. The van der Waals surface area contributed by atoms with Crippen LogP contribution in [0.3, 0.4) is 0 Å². The van der Waals surface area contributed by atoms with Crippen LogP contribution in [0.25, 0.3) is 0 Å². The van der Waals surface area contributed by atoms with E-state index >= 15 is 0 Å². The zero-order valence-electron chi connectivity index (χ0n) is 13.9.